The van der Waals surface area contributed by atoms with Crippen molar-refractivity contribution in [3.63, 3.8) is 0 Å². The maximum Gasteiger partial charge on any atom is 0.157 e. The molecular formula is C7H14O4. The van der Waals surface area contributed by atoms with E-state index in [-0.39, 0.29) is 12.2 Å². The van der Waals surface area contributed by atoms with Gasteiger partial charge in [0.2, 0.25) is 0 Å². The Labute approximate surface area is 65.7 Å². The Hall–Kier alpha value is -0.160. The van der Waals surface area contributed by atoms with Gasteiger partial charge in [-0.1, -0.05) is 0 Å². The van der Waals surface area contributed by atoms with E-state index in [4.69, 9.17) is 14.6 Å². The first-order valence-electron chi connectivity index (χ1n) is 3.69. The number of hydrogen-bond acceptors (Lipinski definition) is 4. The number of ether oxygens (including phenoxy) is 2. The molecule has 1 saturated heterocycles. The molecule has 0 bridgehead atoms. The molecule has 0 amide bonds. The predicted octanol–water partition coefficient (Wildman–Crippen LogP) is -0.510. The predicted molar refractivity (Wildman–Crippen MR) is 38.0 cm³/mol. The maximum atomic E-state index is 9.39. The zero-order chi connectivity index (χ0) is 8.43. The Balaban J connectivity index is 2.51. The molecule has 4 atom stereocenters. The molecule has 0 aliphatic carbocycles. The van der Waals surface area contributed by atoms with Crippen LogP contribution in [0.4, 0.5) is 0 Å². The van der Waals surface area contributed by atoms with E-state index in [1.54, 1.807) is 6.92 Å². The lowest BCUT2D eigenvalue weighted by Gasteiger charge is -2.34. The molecule has 4 nitrogen and oxygen atoms in total. The molecule has 0 spiro atoms. The number of aliphatic hydroxyl groups is 2. The highest BCUT2D eigenvalue weighted by Gasteiger charge is 2.34. The summed E-state index contributed by atoms with van der Waals surface area (Å²) < 4.78 is 9.91. The van der Waals surface area contributed by atoms with Gasteiger partial charge in [-0.25, -0.2) is 0 Å². The second-order valence-corrected chi connectivity index (χ2v) is 2.80. The molecule has 0 radical (unpaired) electrons. The molecule has 0 aromatic heterocycles. The van der Waals surface area contributed by atoms with Crippen molar-refractivity contribution in [2.45, 2.75) is 37.9 Å². The van der Waals surface area contributed by atoms with Crippen LogP contribution in [0.1, 0.15) is 13.3 Å². The Bertz CT molecular complexity index is 128. The first kappa shape index (κ1) is 8.93. The lowest BCUT2D eigenvalue weighted by atomic mass is 10.0. The van der Waals surface area contributed by atoms with Gasteiger partial charge in [-0.3, -0.25) is 0 Å². The summed E-state index contributed by atoms with van der Waals surface area (Å²) in [7, 11) is 1.51. The van der Waals surface area contributed by atoms with E-state index >= 15 is 0 Å². The van der Waals surface area contributed by atoms with Crippen LogP contribution in [0.5, 0.6) is 0 Å². The summed E-state index contributed by atoms with van der Waals surface area (Å²) in [6.07, 6.45) is -1.78. The van der Waals surface area contributed by atoms with Gasteiger partial charge in [0, 0.05) is 13.5 Å². The Morgan fingerprint density at radius 2 is 2.09 bits per heavy atom. The van der Waals surface area contributed by atoms with Gasteiger partial charge in [0.15, 0.2) is 6.29 Å². The highest BCUT2D eigenvalue weighted by atomic mass is 16.6. The fraction of sp³-hybridized carbons (Fsp3) is 1.00. The lowest BCUT2D eigenvalue weighted by Crippen LogP contribution is -2.47. The zero-order valence-corrected chi connectivity index (χ0v) is 6.73. The summed E-state index contributed by atoms with van der Waals surface area (Å²) in [5, 5.41) is 18.5. The summed E-state index contributed by atoms with van der Waals surface area (Å²) >= 11 is 0. The number of hydrogen-bond donors (Lipinski definition) is 2. The van der Waals surface area contributed by atoms with Crippen LogP contribution in [0, 0.1) is 0 Å². The minimum Gasteiger partial charge on any atom is -0.388 e. The van der Waals surface area contributed by atoms with E-state index in [0.29, 0.717) is 6.42 Å². The van der Waals surface area contributed by atoms with E-state index in [1.807, 2.05) is 0 Å². The fourth-order valence-electron chi connectivity index (χ4n) is 1.26. The average Bonchev–Trinajstić information content (AvgIpc) is 1.96. The molecule has 3 unspecified atom stereocenters. The maximum absolute atomic E-state index is 9.39. The molecule has 0 aromatic carbocycles. The first-order valence-corrected chi connectivity index (χ1v) is 3.69. The summed E-state index contributed by atoms with van der Waals surface area (Å²) in [4.78, 5) is 0. The summed E-state index contributed by atoms with van der Waals surface area (Å²) in [6, 6.07) is 0. The van der Waals surface area contributed by atoms with E-state index < -0.39 is 12.4 Å². The topological polar surface area (TPSA) is 58.9 Å². The molecular weight excluding hydrogens is 148 g/mol. The highest BCUT2D eigenvalue weighted by molar-refractivity contribution is 4.80. The second-order valence-electron chi connectivity index (χ2n) is 2.80. The fourth-order valence-corrected chi connectivity index (χ4v) is 1.26. The zero-order valence-electron chi connectivity index (χ0n) is 6.73. The van der Waals surface area contributed by atoms with Crippen molar-refractivity contribution in [2.75, 3.05) is 7.11 Å². The monoisotopic (exact) mass is 162 g/mol. The largest absolute Gasteiger partial charge is 0.388 e. The van der Waals surface area contributed by atoms with Crippen LogP contribution in [-0.4, -0.2) is 41.9 Å². The van der Waals surface area contributed by atoms with Gasteiger partial charge in [-0.15, -0.1) is 0 Å². The third-order valence-electron chi connectivity index (χ3n) is 1.97. The van der Waals surface area contributed by atoms with Crippen molar-refractivity contribution in [3.8, 4) is 0 Å². The summed E-state index contributed by atoms with van der Waals surface area (Å²) in [6.45, 7) is 1.71. The first-order chi connectivity index (χ1) is 5.15. The van der Waals surface area contributed by atoms with Crippen LogP contribution >= 0.6 is 0 Å². The lowest BCUT2D eigenvalue weighted by molar-refractivity contribution is -0.231. The Morgan fingerprint density at radius 3 is 2.64 bits per heavy atom. The Morgan fingerprint density at radius 1 is 1.45 bits per heavy atom. The third-order valence-corrected chi connectivity index (χ3v) is 1.97. The van der Waals surface area contributed by atoms with Crippen molar-refractivity contribution < 1.29 is 19.7 Å². The van der Waals surface area contributed by atoms with Crippen molar-refractivity contribution in [3.05, 3.63) is 0 Å². The molecule has 0 saturated carbocycles. The van der Waals surface area contributed by atoms with Crippen LogP contribution in [0.2, 0.25) is 0 Å². The molecule has 1 fully saturated rings. The number of rotatable bonds is 1. The molecule has 4 heteroatoms. The van der Waals surface area contributed by atoms with Crippen LogP contribution in [0.3, 0.4) is 0 Å². The van der Waals surface area contributed by atoms with E-state index in [9.17, 15) is 5.11 Å². The smallest absolute Gasteiger partial charge is 0.157 e. The van der Waals surface area contributed by atoms with Crippen molar-refractivity contribution in [1.29, 1.82) is 0 Å². The molecule has 1 rings (SSSR count). The van der Waals surface area contributed by atoms with Gasteiger partial charge >= 0.3 is 0 Å². The van der Waals surface area contributed by atoms with Crippen LogP contribution in [0.25, 0.3) is 0 Å². The van der Waals surface area contributed by atoms with Gasteiger partial charge in [0.25, 0.3) is 0 Å². The minimum absolute atomic E-state index is 0.311. The Kier molecular flexibility index (Phi) is 2.84. The number of aliphatic hydroxyl groups excluding tert-OH is 2. The molecule has 66 valence electrons. The highest BCUT2D eigenvalue weighted by Crippen LogP contribution is 2.20. The van der Waals surface area contributed by atoms with Gasteiger partial charge < -0.3 is 19.7 Å². The van der Waals surface area contributed by atoms with Gasteiger partial charge in [0.05, 0.1) is 12.2 Å². The SMILES string of the molecule is COC1CC(O)OC(C)[C@@H]1O. The van der Waals surface area contributed by atoms with Crippen molar-refractivity contribution in [2.24, 2.45) is 0 Å². The minimum atomic E-state index is -0.807. The van der Waals surface area contributed by atoms with E-state index in [2.05, 4.69) is 0 Å². The average molecular weight is 162 g/mol. The second kappa shape index (κ2) is 3.49. The number of methoxy groups -OCH3 is 1. The summed E-state index contributed by atoms with van der Waals surface area (Å²) in [5.41, 5.74) is 0. The van der Waals surface area contributed by atoms with Crippen LogP contribution in [-0.2, 0) is 9.47 Å². The van der Waals surface area contributed by atoms with E-state index in [0.717, 1.165) is 0 Å². The van der Waals surface area contributed by atoms with Gasteiger partial charge in [-0.2, -0.15) is 0 Å². The third kappa shape index (κ3) is 1.90. The standard InChI is InChI=1S/C7H14O4/c1-4-7(9)5(10-2)3-6(8)11-4/h4-9H,3H2,1-2H3/t4?,5?,6?,7-/m0/s1. The van der Waals surface area contributed by atoms with Gasteiger partial charge in [0.1, 0.15) is 6.10 Å². The molecule has 1 heterocycles. The van der Waals surface area contributed by atoms with Crippen LogP contribution < -0.4 is 0 Å². The normalized spacial score (nSPS) is 45.8. The van der Waals surface area contributed by atoms with E-state index in [1.165, 1.54) is 7.11 Å². The molecule has 2 N–H and O–H groups in total. The van der Waals surface area contributed by atoms with Crippen molar-refractivity contribution in [1.82, 2.24) is 0 Å². The quantitative estimate of drug-likeness (QED) is 0.545. The van der Waals surface area contributed by atoms with Crippen LogP contribution in [0.15, 0.2) is 0 Å². The molecule has 0 aromatic rings. The summed E-state index contributed by atoms with van der Waals surface area (Å²) in [5.74, 6) is 0. The van der Waals surface area contributed by atoms with Gasteiger partial charge in [-0.05, 0) is 6.92 Å². The molecule has 1 aliphatic heterocycles. The molecule has 1 aliphatic rings. The van der Waals surface area contributed by atoms with Crippen molar-refractivity contribution >= 4 is 0 Å². The molecule has 11 heavy (non-hydrogen) atoms.